The van der Waals surface area contributed by atoms with Crippen LogP contribution in [0, 0.1) is 6.92 Å². The van der Waals surface area contributed by atoms with Gasteiger partial charge in [-0.2, -0.15) is 0 Å². The van der Waals surface area contributed by atoms with Gasteiger partial charge < -0.3 is 4.90 Å². The van der Waals surface area contributed by atoms with Crippen molar-refractivity contribution in [2.75, 3.05) is 4.90 Å². The van der Waals surface area contributed by atoms with Crippen LogP contribution in [-0.2, 0) is 10.8 Å². The molecule has 0 heterocycles. The van der Waals surface area contributed by atoms with Crippen LogP contribution in [0.2, 0.25) is 0 Å². The number of rotatable bonds is 8. The summed E-state index contributed by atoms with van der Waals surface area (Å²) in [6.07, 6.45) is 12.7. The van der Waals surface area contributed by atoms with Gasteiger partial charge in [-0.25, -0.2) is 0 Å². The van der Waals surface area contributed by atoms with E-state index in [0.717, 1.165) is 17.1 Å². The summed E-state index contributed by atoms with van der Waals surface area (Å²) in [6, 6.07) is 36.5. The van der Waals surface area contributed by atoms with Gasteiger partial charge in [0.05, 0.1) is 0 Å². The maximum atomic E-state index is 4.05. The minimum atomic E-state index is -0.175. The summed E-state index contributed by atoms with van der Waals surface area (Å²) in [5.74, 6) is 0. The summed E-state index contributed by atoms with van der Waals surface area (Å²) in [6.45, 7) is 24.4. The Morgan fingerprint density at radius 1 is 0.654 bits per heavy atom. The predicted molar refractivity (Wildman–Crippen MR) is 226 cm³/mol. The standard InChI is InChI=1S/C51H51N/c1-11-18-37(14-4)52(38-20-16-15-17-21-38)39-25-22-35(23-26-39)36-24-27-41-42-28-29-45-48(49(42)51(9,10)47(41)31-36)44-32-43(40(19-12-2)33(5)13-3)34(6)30-46(44)50(45,7)8/h11-32H,2H2,1,3-10H3/b18-11-,33-13-,37-14+,40-19+. The predicted octanol–water partition coefficient (Wildman–Crippen LogP) is 14.4. The summed E-state index contributed by atoms with van der Waals surface area (Å²) in [7, 11) is 0. The number of para-hydroxylation sites is 1. The van der Waals surface area contributed by atoms with Gasteiger partial charge >= 0.3 is 0 Å². The molecule has 0 N–H and O–H groups in total. The van der Waals surface area contributed by atoms with Gasteiger partial charge in [-0.3, -0.25) is 0 Å². The fourth-order valence-corrected chi connectivity index (χ4v) is 8.76. The largest absolute Gasteiger partial charge is 0.311 e. The van der Waals surface area contributed by atoms with Crippen LogP contribution < -0.4 is 4.90 Å². The molecule has 2 aliphatic carbocycles. The van der Waals surface area contributed by atoms with Crippen molar-refractivity contribution in [3.8, 4) is 33.4 Å². The quantitative estimate of drug-likeness (QED) is 0.148. The third-order valence-electron chi connectivity index (χ3n) is 11.6. The molecule has 0 saturated heterocycles. The highest BCUT2D eigenvalue weighted by molar-refractivity contribution is 5.96. The Hall–Kier alpha value is -5.40. The molecule has 0 unspecified atom stereocenters. The molecule has 5 aromatic rings. The lowest BCUT2D eigenvalue weighted by atomic mass is 9.77. The number of benzene rings is 5. The van der Waals surface area contributed by atoms with Crippen LogP contribution in [0.15, 0.2) is 151 Å². The average molecular weight is 678 g/mol. The van der Waals surface area contributed by atoms with Crippen LogP contribution in [0.4, 0.5) is 11.4 Å². The maximum Gasteiger partial charge on any atom is 0.0461 e. The molecular weight excluding hydrogens is 627 g/mol. The van der Waals surface area contributed by atoms with Crippen LogP contribution in [0.1, 0.15) is 88.8 Å². The fourth-order valence-electron chi connectivity index (χ4n) is 8.76. The van der Waals surface area contributed by atoms with Crippen molar-refractivity contribution in [1.29, 1.82) is 0 Å². The summed E-state index contributed by atoms with van der Waals surface area (Å²) in [5.41, 5.74) is 21.9. The van der Waals surface area contributed by atoms with Gasteiger partial charge in [0.25, 0.3) is 0 Å². The Morgan fingerprint density at radius 3 is 1.96 bits per heavy atom. The Labute approximate surface area is 312 Å². The SMILES string of the molecule is C=C/C=C(\C(C)=C/C)c1cc2c(cc1C)C(C)(C)c1ccc3c(c1-2)C(C)(C)c1cc(-c2ccc(N(C(/C=C\C)=C/C)c4ccccc4)cc2)ccc1-3. The highest BCUT2D eigenvalue weighted by Crippen LogP contribution is 2.60. The molecule has 0 radical (unpaired) electrons. The average Bonchev–Trinajstić information content (AvgIpc) is 3.52. The van der Waals surface area contributed by atoms with Gasteiger partial charge in [0.1, 0.15) is 0 Å². The van der Waals surface area contributed by atoms with E-state index in [2.05, 4.69) is 201 Å². The van der Waals surface area contributed by atoms with E-state index < -0.39 is 0 Å². The van der Waals surface area contributed by atoms with Crippen molar-refractivity contribution < 1.29 is 0 Å². The van der Waals surface area contributed by atoms with E-state index in [1.54, 1.807) is 0 Å². The third-order valence-corrected chi connectivity index (χ3v) is 11.6. The zero-order valence-electron chi connectivity index (χ0n) is 32.4. The normalized spacial score (nSPS) is 15.7. The van der Waals surface area contributed by atoms with Crippen LogP contribution in [-0.4, -0.2) is 0 Å². The molecule has 260 valence electrons. The smallest absolute Gasteiger partial charge is 0.0461 e. The first-order valence-corrected chi connectivity index (χ1v) is 18.7. The number of nitrogens with zero attached hydrogens (tertiary/aromatic N) is 1. The molecule has 1 nitrogen and oxygen atoms in total. The lowest BCUT2D eigenvalue weighted by Crippen LogP contribution is -2.18. The van der Waals surface area contributed by atoms with Crippen molar-refractivity contribution in [2.45, 2.75) is 73.1 Å². The third kappa shape index (κ3) is 5.46. The van der Waals surface area contributed by atoms with Crippen molar-refractivity contribution >= 4 is 16.9 Å². The van der Waals surface area contributed by atoms with Crippen LogP contribution >= 0.6 is 0 Å². The van der Waals surface area contributed by atoms with Crippen molar-refractivity contribution in [3.05, 3.63) is 185 Å². The monoisotopic (exact) mass is 677 g/mol. The van der Waals surface area contributed by atoms with Gasteiger partial charge in [0, 0.05) is 27.9 Å². The Balaban J connectivity index is 1.33. The highest BCUT2D eigenvalue weighted by atomic mass is 15.1. The maximum absolute atomic E-state index is 4.05. The summed E-state index contributed by atoms with van der Waals surface area (Å²) in [4.78, 5) is 2.31. The summed E-state index contributed by atoms with van der Waals surface area (Å²) < 4.78 is 0. The van der Waals surface area contributed by atoms with E-state index in [0.29, 0.717) is 0 Å². The number of hydrogen-bond donors (Lipinski definition) is 0. The molecule has 5 aromatic carbocycles. The minimum absolute atomic E-state index is 0.0912. The van der Waals surface area contributed by atoms with E-state index in [9.17, 15) is 0 Å². The second kappa shape index (κ2) is 13.3. The van der Waals surface area contributed by atoms with E-state index >= 15 is 0 Å². The molecule has 0 aliphatic heterocycles. The Bertz CT molecular complexity index is 2340. The first-order chi connectivity index (χ1) is 25.0. The molecule has 0 fully saturated rings. The van der Waals surface area contributed by atoms with Crippen molar-refractivity contribution in [3.63, 3.8) is 0 Å². The molecule has 0 spiro atoms. The number of hydrogen-bond acceptors (Lipinski definition) is 1. The molecule has 0 bridgehead atoms. The van der Waals surface area contributed by atoms with Crippen LogP contribution in [0.25, 0.3) is 39.0 Å². The van der Waals surface area contributed by atoms with Gasteiger partial charge in [-0.15, -0.1) is 0 Å². The summed E-state index contributed by atoms with van der Waals surface area (Å²) >= 11 is 0. The van der Waals surface area contributed by atoms with E-state index in [1.807, 2.05) is 6.08 Å². The van der Waals surface area contributed by atoms with Gasteiger partial charge in [0.15, 0.2) is 0 Å². The van der Waals surface area contributed by atoms with Crippen LogP contribution in [0.3, 0.4) is 0 Å². The lowest BCUT2D eigenvalue weighted by Gasteiger charge is -2.27. The number of fused-ring (bicyclic) bond motifs is 7. The number of aryl methyl sites for hydroxylation is 1. The Kier molecular flexibility index (Phi) is 8.95. The molecule has 1 heteroatoms. The molecule has 7 rings (SSSR count). The molecular formula is C51H51N. The molecule has 0 amide bonds. The van der Waals surface area contributed by atoms with Gasteiger partial charge in [0.2, 0.25) is 0 Å². The second-order valence-corrected chi connectivity index (χ2v) is 15.4. The molecule has 0 aromatic heterocycles. The van der Waals surface area contributed by atoms with Crippen molar-refractivity contribution in [2.24, 2.45) is 0 Å². The fraction of sp³-hybridized carbons (Fsp3) is 0.216. The lowest BCUT2D eigenvalue weighted by molar-refractivity contribution is 0.647. The molecule has 2 aliphatic rings. The number of anilines is 2. The van der Waals surface area contributed by atoms with E-state index in [-0.39, 0.29) is 10.8 Å². The minimum Gasteiger partial charge on any atom is -0.311 e. The first kappa shape index (κ1) is 35.0. The van der Waals surface area contributed by atoms with Gasteiger partial charge in [-0.1, -0.05) is 125 Å². The zero-order valence-corrected chi connectivity index (χ0v) is 32.4. The summed E-state index contributed by atoms with van der Waals surface area (Å²) in [5, 5.41) is 0. The van der Waals surface area contributed by atoms with E-state index in [1.165, 1.54) is 77.9 Å². The van der Waals surface area contributed by atoms with Gasteiger partial charge in [-0.05, 0) is 155 Å². The molecule has 52 heavy (non-hydrogen) atoms. The first-order valence-electron chi connectivity index (χ1n) is 18.7. The zero-order chi connectivity index (χ0) is 36.9. The van der Waals surface area contributed by atoms with Crippen molar-refractivity contribution in [1.82, 2.24) is 0 Å². The molecule has 0 saturated carbocycles. The highest BCUT2D eigenvalue weighted by Gasteiger charge is 2.45. The Morgan fingerprint density at radius 2 is 1.31 bits per heavy atom. The van der Waals surface area contributed by atoms with Crippen LogP contribution in [0.5, 0.6) is 0 Å². The topological polar surface area (TPSA) is 3.24 Å². The molecule has 0 atom stereocenters. The van der Waals surface area contributed by atoms with E-state index in [4.69, 9.17) is 0 Å². The second-order valence-electron chi connectivity index (χ2n) is 15.4. The number of allylic oxidation sites excluding steroid dienone is 8.